The van der Waals surface area contributed by atoms with Gasteiger partial charge in [0.25, 0.3) is 5.91 Å². The molecule has 0 saturated heterocycles. The van der Waals surface area contributed by atoms with Crippen LogP contribution in [0.5, 0.6) is 5.75 Å². The minimum atomic E-state index is -0.188. The van der Waals surface area contributed by atoms with Gasteiger partial charge in [0.05, 0.1) is 12.7 Å². The zero-order valence-electron chi connectivity index (χ0n) is 15.6. The standard InChI is InChI=1S/C22H20N4O2/c1-23-22(27)18-4-3-10-25-21(18)26-20-13-15(12-19-17(20)9-11-24-19)14-5-7-16(28-2)8-6-14/h3-13,24H,1-2H3,(H,23,27)(H,25,26). The van der Waals surface area contributed by atoms with Crippen molar-refractivity contribution < 1.29 is 9.53 Å². The molecule has 0 aliphatic rings. The molecule has 0 spiro atoms. The van der Waals surface area contributed by atoms with E-state index in [1.54, 1.807) is 32.5 Å². The number of fused-ring (bicyclic) bond motifs is 1. The third-order valence-corrected chi connectivity index (χ3v) is 4.62. The van der Waals surface area contributed by atoms with Crippen molar-refractivity contribution >= 4 is 28.3 Å². The monoisotopic (exact) mass is 372 g/mol. The molecule has 6 heteroatoms. The lowest BCUT2D eigenvalue weighted by Crippen LogP contribution is -2.19. The molecule has 4 aromatic rings. The van der Waals surface area contributed by atoms with E-state index in [4.69, 9.17) is 4.74 Å². The number of carbonyl (C=O) groups excluding carboxylic acids is 1. The minimum absolute atomic E-state index is 0.188. The summed E-state index contributed by atoms with van der Waals surface area (Å²) in [7, 11) is 3.26. The van der Waals surface area contributed by atoms with E-state index in [1.807, 2.05) is 36.5 Å². The predicted octanol–water partition coefficient (Wildman–Crippen LogP) is 4.34. The third-order valence-electron chi connectivity index (χ3n) is 4.62. The van der Waals surface area contributed by atoms with Gasteiger partial charge < -0.3 is 20.4 Å². The molecule has 1 amide bonds. The summed E-state index contributed by atoms with van der Waals surface area (Å²) in [4.78, 5) is 19.8. The Morgan fingerprint density at radius 3 is 2.64 bits per heavy atom. The molecule has 140 valence electrons. The first-order chi connectivity index (χ1) is 13.7. The molecular weight excluding hydrogens is 352 g/mol. The van der Waals surface area contributed by atoms with Crippen LogP contribution in [-0.4, -0.2) is 30.0 Å². The summed E-state index contributed by atoms with van der Waals surface area (Å²) >= 11 is 0. The highest BCUT2D eigenvalue weighted by Crippen LogP contribution is 2.33. The van der Waals surface area contributed by atoms with Crippen LogP contribution < -0.4 is 15.4 Å². The van der Waals surface area contributed by atoms with Crippen molar-refractivity contribution in [3.05, 3.63) is 72.6 Å². The number of pyridine rings is 1. The molecule has 4 rings (SSSR count). The van der Waals surface area contributed by atoms with E-state index in [-0.39, 0.29) is 5.91 Å². The van der Waals surface area contributed by atoms with Crippen LogP contribution in [0.4, 0.5) is 11.5 Å². The molecule has 0 unspecified atom stereocenters. The molecule has 0 radical (unpaired) electrons. The number of nitrogens with one attached hydrogen (secondary N) is 3. The maximum atomic E-state index is 12.2. The van der Waals surface area contributed by atoms with Crippen molar-refractivity contribution in [1.82, 2.24) is 15.3 Å². The summed E-state index contributed by atoms with van der Waals surface area (Å²) in [5, 5.41) is 7.00. The Kier molecular flexibility index (Phi) is 4.68. The second-order valence-electron chi connectivity index (χ2n) is 6.29. The largest absolute Gasteiger partial charge is 0.497 e. The predicted molar refractivity (Wildman–Crippen MR) is 111 cm³/mol. The molecule has 6 nitrogen and oxygen atoms in total. The van der Waals surface area contributed by atoms with Gasteiger partial charge in [0.2, 0.25) is 0 Å². The molecule has 28 heavy (non-hydrogen) atoms. The van der Waals surface area contributed by atoms with Gasteiger partial charge in [0.1, 0.15) is 11.6 Å². The van der Waals surface area contributed by atoms with Gasteiger partial charge in [-0.05, 0) is 53.6 Å². The number of aromatic nitrogens is 2. The quantitative estimate of drug-likeness (QED) is 0.487. The highest BCUT2D eigenvalue weighted by atomic mass is 16.5. The summed E-state index contributed by atoms with van der Waals surface area (Å²) in [6, 6.07) is 17.5. The molecule has 0 aliphatic carbocycles. The Hall–Kier alpha value is -3.80. The number of methoxy groups -OCH3 is 1. The van der Waals surface area contributed by atoms with E-state index in [1.165, 1.54) is 0 Å². The Morgan fingerprint density at radius 1 is 1.07 bits per heavy atom. The highest BCUT2D eigenvalue weighted by Gasteiger charge is 2.13. The number of nitrogens with zero attached hydrogens (tertiary/aromatic N) is 1. The molecule has 3 N–H and O–H groups in total. The van der Waals surface area contributed by atoms with E-state index in [0.717, 1.165) is 33.5 Å². The summed E-state index contributed by atoms with van der Waals surface area (Å²) < 4.78 is 5.25. The SMILES string of the molecule is CNC(=O)c1cccnc1Nc1cc(-c2ccc(OC)cc2)cc2[nH]ccc12. The summed E-state index contributed by atoms with van der Waals surface area (Å²) in [6.45, 7) is 0. The smallest absolute Gasteiger partial charge is 0.254 e. The number of ether oxygens (including phenoxy) is 1. The number of hydrogen-bond acceptors (Lipinski definition) is 4. The lowest BCUT2D eigenvalue weighted by Gasteiger charge is -2.13. The zero-order valence-corrected chi connectivity index (χ0v) is 15.6. The van der Waals surface area contributed by atoms with Gasteiger partial charge in [-0.3, -0.25) is 4.79 Å². The van der Waals surface area contributed by atoms with Crippen LogP contribution >= 0.6 is 0 Å². The normalized spacial score (nSPS) is 10.6. The molecule has 2 heterocycles. The van der Waals surface area contributed by atoms with Crippen LogP contribution in [0.2, 0.25) is 0 Å². The fourth-order valence-corrected chi connectivity index (χ4v) is 3.17. The van der Waals surface area contributed by atoms with Gasteiger partial charge >= 0.3 is 0 Å². The maximum Gasteiger partial charge on any atom is 0.254 e. The Labute approximate surface area is 162 Å². The molecule has 2 aromatic heterocycles. The van der Waals surface area contributed by atoms with Gasteiger partial charge in [0.15, 0.2) is 0 Å². The number of benzene rings is 2. The topological polar surface area (TPSA) is 79.0 Å². The van der Waals surface area contributed by atoms with E-state index in [9.17, 15) is 4.79 Å². The molecule has 2 aromatic carbocycles. The van der Waals surface area contributed by atoms with Crippen LogP contribution in [0, 0.1) is 0 Å². The highest BCUT2D eigenvalue weighted by molar-refractivity contribution is 6.02. The van der Waals surface area contributed by atoms with Gasteiger partial charge in [-0.25, -0.2) is 4.98 Å². The first-order valence-electron chi connectivity index (χ1n) is 8.89. The van der Waals surface area contributed by atoms with Gasteiger partial charge in [-0.15, -0.1) is 0 Å². The van der Waals surface area contributed by atoms with Crippen molar-refractivity contribution in [2.45, 2.75) is 0 Å². The summed E-state index contributed by atoms with van der Waals surface area (Å²) in [5.74, 6) is 1.13. The molecule has 0 bridgehead atoms. The fraction of sp³-hybridized carbons (Fsp3) is 0.0909. The Bertz CT molecular complexity index is 1130. The number of amides is 1. The van der Waals surface area contributed by atoms with Crippen molar-refractivity contribution in [2.75, 3.05) is 19.5 Å². The molecule has 0 atom stereocenters. The molecule has 0 saturated carbocycles. The van der Waals surface area contributed by atoms with E-state index in [2.05, 4.69) is 32.7 Å². The maximum absolute atomic E-state index is 12.2. The zero-order chi connectivity index (χ0) is 19.5. The lowest BCUT2D eigenvalue weighted by molar-refractivity contribution is 0.0963. The third kappa shape index (κ3) is 3.27. The van der Waals surface area contributed by atoms with Crippen molar-refractivity contribution in [2.24, 2.45) is 0 Å². The number of anilines is 2. The molecule has 0 aliphatic heterocycles. The Balaban J connectivity index is 1.79. The van der Waals surface area contributed by atoms with Crippen molar-refractivity contribution in [1.29, 1.82) is 0 Å². The fourth-order valence-electron chi connectivity index (χ4n) is 3.17. The summed E-state index contributed by atoms with van der Waals surface area (Å²) in [5.41, 5.74) is 4.45. The van der Waals surface area contributed by atoms with E-state index < -0.39 is 0 Å². The van der Waals surface area contributed by atoms with E-state index in [0.29, 0.717) is 11.4 Å². The first kappa shape index (κ1) is 17.6. The second kappa shape index (κ2) is 7.44. The van der Waals surface area contributed by atoms with Crippen molar-refractivity contribution in [3.8, 4) is 16.9 Å². The van der Waals surface area contributed by atoms with Crippen LogP contribution in [0.3, 0.4) is 0 Å². The number of hydrogen-bond donors (Lipinski definition) is 3. The second-order valence-corrected chi connectivity index (χ2v) is 6.29. The number of carbonyl (C=O) groups is 1. The van der Waals surface area contributed by atoms with Crippen LogP contribution in [-0.2, 0) is 0 Å². The summed E-state index contributed by atoms with van der Waals surface area (Å²) in [6.07, 6.45) is 3.56. The number of H-pyrrole nitrogens is 1. The van der Waals surface area contributed by atoms with Gasteiger partial charge in [0, 0.05) is 36.0 Å². The molecular formula is C22H20N4O2. The van der Waals surface area contributed by atoms with Crippen molar-refractivity contribution in [3.63, 3.8) is 0 Å². The van der Waals surface area contributed by atoms with Crippen LogP contribution in [0.15, 0.2) is 67.0 Å². The van der Waals surface area contributed by atoms with Gasteiger partial charge in [-0.2, -0.15) is 0 Å². The van der Waals surface area contributed by atoms with Crippen LogP contribution in [0.25, 0.3) is 22.0 Å². The lowest BCUT2D eigenvalue weighted by atomic mass is 10.0. The van der Waals surface area contributed by atoms with Gasteiger partial charge in [-0.1, -0.05) is 12.1 Å². The number of rotatable bonds is 5. The molecule has 0 fully saturated rings. The van der Waals surface area contributed by atoms with Crippen LogP contribution in [0.1, 0.15) is 10.4 Å². The van der Waals surface area contributed by atoms with E-state index >= 15 is 0 Å². The average Bonchev–Trinajstić information content (AvgIpc) is 3.22. The average molecular weight is 372 g/mol. The number of aromatic amines is 1. The Morgan fingerprint density at radius 2 is 1.89 bits per heavy atom. The first-order valence-corrected chi connectivity index (χ1v) is 8.89. The minimum Gasteiger partial charge on any atom is -0.497 e.